The molecule has 1 rings (SSSR count). The molecule has 0 bridgehead atoms. The Morgan fingerprint density at radius 1 is 1.10 bits per heavy atom. The van der Waals surface area contributed by atoms with Gasteiger partial charge >= 0.3 is 6.09 Å². The third-order valence-corrected chi connectivity index (χ3v) is 3.44. The first kappa shape index (κ1) is 16.9. The van der Waals surface area contributed by atoms with Crippen molar-refractivity contribution >= 4 is 6.09 Å². The lowest BCUT2D eigenvalue weighted by atomic mass is 9.74. The number of rotatable bonds is 4. The van der Waals surface area contributed by atoms with Gasteiger partial charge in [-0.25, -0.2) is 4.79 Å². The summed E-state index contributed by atoms with van der Waals surface area (Å²) in [6.45, 7) is 4.86. The molecule has 0 heterocycles. The number of nitrogens with one attached hydrogen (secondary N) is 1. The van der Waals surface area contributed by atoms with Crippen molar-refractivity contribution in [3.05, 3.63) is 12.2 Å². The molecule has 0 aromatic heterocycles. The van der Waals surface area contributed by atoms with Crippen LogP contribution in [0, 0.1) is 17.8 Å². The molecule has 6 nitrogen and oxygen atoms in total. The molecular formula is C14H25NO5. The first-order valence-electron chi connectivity index (χ1n) is 6.82. The molecule has 1 aliphatic rings. The Balaban J connectivity index is 2.76. The van der Waals surface area contributed by atoms with E-state index in [0.29, 0.717) is 0 Å². The largest absolute Gasteiger partial charge is 0.444 e. The Morgan fingerprint density at radius 2 is 1.70 bits per heavy atom. The highest BCUT2D eigenvalue weighted by molar-refractivity contribution is 5.68. The minimum atomic E-state index is -0.596. The van der Waals surface area contributed by atoms with Gasteiger partial charge in [-0.15, -0.1) is 0 Å². The van der Waals surface area contributed by atoms with Gasteiger partial charge in [0.15, 0.2) is 0 Å². The van der Waals surface area contributed by atoms with Crippen LogP contribution in [0.1, 0.15) is 20.8 Å². The quantitative estimate of drug-likeness (QED) is 0.556. The summed E-state index contributed by atoms with van der Waals surface area (Å²) in [4.78, 5) is 11.8. The molecule has 0 aliphatic heterocycles. The van der Waals surface area contributed by atoms with Gasteiger partial charge in [0.1, 0.15) is 5.60 Å². The van der Waals surface area contributed by atoms with Crippen molar-refractivity contribution < 1.29 is 24.9 Å². The monoisotopic (exact) mass is 287 g/mol. The lowest BCUT2D eigenvalue weighted by Crippen LogP contribution is -2.49. The van der Waals surface area contributed by atoms with E-state index in [4.69, 9.17) is 4.74 Å². The van der Waals surface area contributed by atoms with Crippen molar-refractivity contribution in [2.24, 2.45) is 17.8 Å². The zero-order valence-corrected chi connectivity index (χ0v) is 12.2. The van der Waals surface area contributed by atoms with Gasteiger partial charge in [0.05, 0.1) is 6.04 Å². The van der Waals surface area contributed by atoms with E-state index in [1.54, 1.807) is 32.9 Å². The van der Waals surface area contributed by atoms with Crippen molar-refractivity contribution in [3.63, 3.8) is 0 Å². The standard InChI is InChI=1S/C14H25NO5/c1-14(2,3)20-13(19)15-12-5-4-9(6-16)10(7-17)11(12)8-18/h4-5,9-12,16-18H,6-8H2,1-3H3,(H,15,19)/t9-,10+,11+,12-/m1/s1. The van der Waals surface area contributed by atoms with Gasteiger partial charge in [-0.1, -0.05) is 12.2 Å². The van der Waals surface area contributed by atoms with Gasteiger partial charge < -0.3 is 25.4 Å². The third-order valence-electron chi connectivity index (χ3n) is 3.44. The summed E-state index contributed by atoms with van der Waals surface area (Å²) in [6, 6.07) is -0.421. The van der Waals surface area contributed by atoms with Crippen LogP contribution in [0.3, 0.4) is 0 Å². The molecule has 20 heavy (non-hydrogen) atoms. The van der Waals surface area contributed by atoms with Gasteiger partial charge in [0, 0.05) is 31.7 Å². The summed E-state index contributed by atoms with van der Waals surface area (Å²) >= 11 is 0. The number of ether oxygens (including phenoxy) is 1. The lowest BCUT2D eigenvalue weighted by Gasteiger charge is -2.37. The molecule has 0 saturated carbocycles. The van der Waals surface area contributed by atoms with Crippen LogP contribution >= 0.6 is 0 Å². The Labute approximate surface area is 119 Å². The average molecular weight is 287 g/mol. The van der Waals surface area contributed by atoms with Gasteiger partial charge in [0.2, 0.25) is 0 Å². The van der Waals surface area contributed by atoms with Gasteiger partial charge in [-0.05, 0) is 26.7 Å². The van der Waals surface area contributed by atoms with Crippen LogP contribution in [0.2, 0.25) is 0 Å². The SMILES string of the molecule is CC(C)(C)OC(=O)N[C@@H]1C=C[C@H](CO)[C@H](CO)[C@@H]1CO. The van der Waals surface area contributed by atoms with Crippen molar-refractivity contribution in [1.82, 2.24) is 5.32 Å². The topological polar surface area (TPSA) is 99.0 Å². The molecule has 0 saturated heterocycles. The van der Waals surface area contributed by atoms with Crippen LogP contribution in [0.15, 0.2) is 12.2 Å². The van der Waals surface area contributed by atoms with E-state index in [1.165, 1.54) is 0 Å². The lowest BCUT2D eigenvalue weighted by molar-refractivity contribution is 0.0324. The van der Waals surface area contributed by atoms with E-state index in [1.807, 2.05) is 0 Å². The molecular weight excluding hydrogens is 262 g/mol. The molecule has 0 unspecified atom stereocenters. The Kier molecular flexibility index (Phi) is 5.98. The van der Waals surface area contributed by atoms with E-state index in [9.17, 15) is 20.1 Å². The normalized spacial score (nSPS) is 30.1. The van der Waals surface area contributed by atoms with Crippen LogP contribution in [0.5, 0.6) is 0 Å². The average Bonchev–Trinajstić information content (AvgIpc) is 2.35. The molecule has 0 spiro atoms. The van der Waals surface area contributed by atoms with Crippen LogP contribution in [-0.2, 0) is 4.74 Å². The van der Waals surface area contributed by atoms with Crippen LogP contribution in [0.4, 0.5) is 4.79 Å². The maximum atomic E-state index is 11.8. The molecule has 0 fully saturated rings. The number of alkyl carbamates (subject to hydrolysis) is 1. The number of carbonyl (C=O) groups is 1. The molecule has 6 heteroatoms. The summed E-state index contributed by atoms with van der Waals surface area (Å²) in [5.41, 5.74) is -0.596. The Morgan fingerprint density at radius 3 is 2.15 bits per heavy atom. The number of carbonyl (C=O) groups excluding carboxylic acids is 1. The Hall–Kier alpha value is -1.11. The second-order valence-electron chi connectivity index (χ2n) is 6.10. The van der Waals surface area contributed by atoms with Crippen LogP contribution < -0.4 is 5.32 Å². The predicted octanol–water partition coefficient (Wildman–Crippen LogP) is 0.275. The maximum Gasteiger partial charge on any atom is 0.408 e. The first-order chi connectivity index (χ1) is 9.32. The smallest absolute Gasteiger partial charge is 0.408 e. The fourth-order valence-corrected chi connectivity index (χ4v) is 2.45. The molecule has 116 valence electrons. The molecule has 1 amide bonds. The summed E-state index contributed by atoms with van der Waals surface area (Å²) in [6.07, 6.45) is 2.93. The minimum absolute atomic E-state index is 0.0998. The second-order valence-corrected chi connectivity index (χ2v) is 6.10. The van der Waals surface area contributed by atoms with E-state index in [2.05, 4.69) is 5.32 Å². The van der Waals surface area contributed by atoms with Crippen molar-refractivity contribution in [3.8, 4) is 0 Å². The number of hydrogen-bond acceptors (Lipinski definition) is 5. The van der Waals surface area contributed by atoms with Gasteiger partial charge in [-0.3, -0.25) is 0 Å². The highest BCUT2D eigenvalue weighted by Gasteiger charge is 2.36. The highest BCUT2D eigenvalue weighted by Crippen LogP contribution is 2.30. The Bertz CT molecular complexity index is 350. The zero-order valence-electron chi connectivity index (χ0n) is 12.2. The van der Waals surface area contributed by atoms with E-state index in [0.717, 1.165) is 0 Å². The minimum Gasteiger partial charge on any atom is -0.444 e. The van der Waals surface area contributed by atoms with Crippen molar-refractivity contribution in [2.45, 2.75) is 32.4 Å². The number of hydrogen-bond donors (Lipinski definition) is 4. The molecule has 1 aliphatic carbocycles. The fraction of sp³-hybridized carbons (Fsp3) is 0.786. The summed E-state index contributed by atoms with van der Waals surface area (Å²) in [5, 5.41) is 30.9. The number of aliphatic hydroxyl groups is 3. The zero-order chi connectivity index (χ0) is 15.3. The number of aliphatic hydroxyl groups excluding tert-OH is 3. The first-order valence-corrected chi connectivity index (χ1v) is 6.82. The van der Waals surface area contributed by atoms with E-state index in [-0.39, 0.29) is 37.6 Å². The second kappa shape index (κ2) is 7.06. The van der Waals surface area contributed by atoms with Crippen molar-refractivity contribution in [2.75, 3.05) is 19.8 Å². The maximum absolute atomic E-state index is 11.8. The van der Waals surface area contributed by atoms with Gasteiger partial charge in [-0.2, -0.15) is 0 Å². The summed E-state index contributed by atoms with van der Waals surface area (Å²) < 4.78 is 5.18. The number of amides is 1. The van der Waals surface area contributed by atoms with Crippen molar-refractivity contribution in [1.29, 1.82) is 0 Å². The molecule has 0 aromatic rings. The summed E-state index contributed by atoms with van der Waals surface area (Å²) in [7, 11) is 0. The fourth-order valence-electron chi connectivity index (χ4n) is 2.45. The van der Waals surface area contributed by atoms with E-state index < -0.39 is 17.7 Å². The van der Waals surface area contributed by atoms with Gasteiger partial charge in [0.25, 0.3) is 0 Å². The molecule has 4 N–H and O–H groups in total. The van der Waals surface area contributed by atoms with Crippen LogP contribution in [0.25, 0.3) is 0 Å². The predicted molar refractivity (Wildman–Crippen MR) is 74.0 cm³/mol. The summed E-state index contributed by atoms with van der Waals surface area (Å²) in [5.74, 6) is -0.863. The van der Waals surface area contributed by atoms with Crippen LogP contribution in [-0.4, -0.2) is 52.9 Å². The van der Waals surface area contributed by atoms with E-state index >= 15 is 0 Å². The molecule has 0 aromatic carbocycles. The molecule has 0 radical (unpaired) electrons. The highest BCUT2D eigenvalue weighted by atomic mass is 16.6. The third kappa shape index (κ3) is 4.47. The molecule has 4 atom stereocenters.